The van der Waals surface area contributed by atoms with Crippen LogP contribution < -0.4 is 10.5 Å². The number of hydrogen-bond acceptors (Lipinski definition) is 6. The molecule has 0 aliphatic rings. The standard InChI is InChI=1S/C18H27NO5/c1-5-23-17(21)12-15(19)10-11-18(3,24-13(2)20)14-6-8-16(22-4)9-7-14/h6-9,15H,5,10-12,19H2,1-4H3. The second-order valence-corrected chi connectivity index (χ2v) is 5.86. The lowest BCUT2D eigenvalue weighted by molar-refractivity contribution is -0.157. The molecule has 0 saturated carbocycles. The fraction of sp³-hybridized carbons (Fsp3) is 0.556. The van der Waals surface area contributed by atoms with Gasteiger partial charge in [0.25, 0.3) is 0 Å². The van der Waals surface area contributed by atoms with Gasteiger partial charge in [-0.25, -0.2) is 0 Å². The minimum atomic E-state index is -0.815. The molecule has 1 rings (SSSR count). The Hall–Kier alpha value is -2.08. The molecule has 134 valence electrons. The number of nitrogens with two attached hydrogens (primary N) is 1. The van der Waals surface area contributed by atoms with E-state index < -0.39 is 5.60 Å². The number of methoxy groups -OCH3 is 1. The molecule has 2 atom stereocenters. The Morgan fingerprint density at radius 1 is 1.25 bits per heavy atom. The highest BCUT2D eigenvalue weighted by molar-refractivity contribution is 5.70. The second-order valence-electron chi connectivity index (χ2n) is 5.86. The molecule has 6 heteroatoms. The number of hydrogen-bond donors (Lipinski definition) is 1. The third-order valence-corrected chi connectivity index (χ3v) is 3.80. The average Bonchev–Trinajstić information content (AvgIpc) is 2.52. The minimum absolute atomic E-state index is 0.145. The lowest BCUT2D eigenvalue weighted by atomic mass is 9.88. The smallest absolute Gasteiger partial charge is 0.307 e. The molecule has 0 aromatic heterocycles. The van der Waals surface area contributed by atoms with Crippen LogP contribution in [0.4, 0.5) is 0 Å². The highest BCUT2D eigenvalue weighted by Crippen LogP contribution is 2.32. The maximum atomic E-state index is 11.5. The van der Waals surface area contributed by atoms with E-state index in [9.17, 15) is 9.59 Å². The van der Waals surface area contributed by atoms with Crippen LogP contribution in [0.2, 0.25) is 0 Å². The van der Waals surface area contributed by atoms with Gasteiger partial charge in [0.05, 0.1) is 20.1 Å². The molecule has 0 saturated heterocycles. The molecule has 1 aromatic carbocycles. The number of esters is 2. The van der Waals surface area contributed by atoms with Gasteiger partial charge in [-0.2, -0.15) is 0 Å². The Bertz CT molecular complexity index is 543. The monoisotopic (exact) mass is 337 g/mol. The predicted octanol–water partition coefficient (Wildman–Crippen LogP) is 2.53. The lowest BCUT2D eigenvalue weighted by Gasteiger charge is -2.31. The minimum Gasteiger partial charge on any atom is -0.497 e. The SMILES string of the molecule is CCOC(=O)CC(N)CCC(C)(OC(C)=O)c1ccc(OC)cc1. The predicted molar refractivity (Wildman–Crippen MR) is 90.6 cm³/mol. The first-order valence-electron chi connectivity index (χ1n) is 8.06. The maximum absolute atomic E-state index is 11.5. The normalized spacial score (nSPS) is 14.4. The number of carbonyl (C=O) groups is 2. The van der Waals surface area contributed by atoms with Crippen LogP contribution >= 0.6 is 0 Å². The highest BCUT2D eigenvalue weighted by atomic mass is 16.6. The Morgan fingerprint density at radius 3 is 2.38 bits per heavy atom. The molecule has 0 bridgehead atoms. The van der Waals surface area contributed by atoms with Gasteiger partial charge in [-0.1, -0.05) is 12.1 Å². The van der Waals surface area contributed by atoms with Crippen molar-refractivity contribution in [3.8, 4) is 5.75 Å². The molecule has 0 aliphatic carbocycles. The first-order chi connectivity index (χ1) is 11.3. The quantitative estimate of drug-likeness (QED) is 0.697. The van der Waals surface area contributed by atoms with Crippen LogP contribution in [0, 0.1) is 0 Å². The molecular weight excluding hydrogens is 310 g/mol. The van der Waals surface area contributed by atoms with Crippen LogP contribution in [0.3, 0.4) is 0 Å². The first-order valence-corrected chi connectivity index (χ1v) is 8.06. The molecule has 0 aliphatic heterocycles. The molecule has 0 fully saturated rings. The van der Waals surface area contributed by atoms with E-state index in [2.05, 4.69) is 0 Å². The van der Waals surface area contributed by atoms with Gasteiger partial charge in [0.2, 0.25) is 0 Å². The zero-order chi connectivity index (χ0) is 18.2. The van der Waals surface area contributed by atoms with E-state index in [4.69, 9.17) is 19.9 Å². The number of carbonyl (C=O) groups excluding carboxylic acids is 2. The largest absolute Gasteiger partial charge is 0.497 e. The van der Waals surface area contributed by atoms with E-state index in [1.165, 1.54) is 6.92 Å². The highest BCUT2D eigenvalue weighted by Gasteiger charge is 2.31. The number of rotatable bonds is 9. The second kappa shape index (κ2) is 9.27. The Labute approximate surface area is 143 Å². The third kappa shape index (κ3) is 6.20. The number of ether oxygens (including phenoxy) is 3. The molecule has 6 nitrogen and oxygen atoms in total. The van der Waals surface area contributed by atoms with Crippen molar-refractivity contribution in [2.75, 3.05) is 13.7 Å². The summed E-state index contributed by atoms with van der Waals surface area (Å²) in [7, 11) is 1.59. The molecule has 0 spiro atoms. The van der Waals surface area contributed by atoms with Crippen LogP contribution in [0.5, 0.6) is 5.75 Å². The summed E-state index contributed by atoms with van der Waals surface area (Å²) < 4.78 is 15.6. The summed E-state index contributed by atoms with van der Waals surface area (Å²) in [6.07, 6.45) is 1.17. The maximum Gasteiger partial charge on any atom is 0.307 e. The van der Waals surface area contributed by atoms with Crippen molar-refractivity contribution < 1.29 is 23.8 Å². The molecular formula is C18H27NO5. The molecule has 0 heterocycles. The van der Waals surface area contributed by atoms with Gasteiger partial charge in [0, 0.05) is 13.0 Å². The van der Waals surface area contributed by atoms with Crippen molar-refractivity contribution in [2.24, 2.45) is 5.73 Å². The summed E-state index contributed by atoms with van der Waals surface area (Å²) >= 11 is 0. The van der Waals surface area contributed by atoms with Crippen LogP contribution in [0.15, 0.2) is 24.3 Å². The zero-order valence-electron chi connectivity index (χ0n) is 14.8. The zero-order valence-corrected chi connectivity index (χ0v) is 14.8. The Morgan fingerprint density at radius 2 is 1.88 bits per heavy atom. The van der Waals surface area contributed by atoms with E-state index in [0.29, 0.717) is 19.4 Å². The van der Waals surface area contributed by atoms with Crippen molar-refractivity contribution >= 4 is 11.9 Å². The van der Waals surface area contributed by atoms with Gasteiger partial charge in [0.15, 0.2) is 0 Å². The van der Waals surface area contributed by atoms with Crippen molar-refractivity contribution in [1.82, 2.24) is 0 Å². The first kappa shape index (κ1) is 20.0. The van der Waals surface area contributed by atoms with Gasteiger partial charge < -0.3 is 19.9 Å². The molecule has 24 heavy (non-hydrogen) atoms. The van der Waals surface area contributed by atoms with Crippen LogP contribution in [-0.2, 0) is 24.7 Å². The van der Waals surface area contributed by atoms with E-state index in [0.717, 1.165) is 11.3 Å². The van der Waals surface area contributed by atoms with Gasteiger partial charge >= 0.3 is 11.9 Å². The number of benzene rings is 1. The van der Waals surface area contributed by atoms with Gasteiger partial charge in [0.1, 0.15) is 11.4 Å². The Kier molecular flexibility index (Phi) is 7.71. The summed E-state index contributed by atoms with van der Waals surface area (Å²) in [6.45, 7) is 5.31. The summed E-state index contributed by atoms with van der Waals surface area (Å²) in [5.41, 5.74) is 6.04. The van der Waals surface area contributed by atoms with Crippen molar-refractivity contribution in [2.45, 2.75) is 51.7 Å². The topological polar surface area (TPSA) is 87.9 Å². The van der Waals surface area contributed by atoms with Gasteiger partial charge in [-0.3, -0.25) is 9.59 Å². The van der Waals surface area contributed by atoms with E-state index in [1.54, 1.807) is 14.0 Å². The summed E-state index contributed by atoms with van der Waals surface area (Å²) in [6, 6.07) is 7.00. The fourth-order valence-corrected chi connectivity index (χ4v) is 2.51. The van der Waals surface area contributed by atoms with Crippen LogP contribution in [0.1, 0.15) is 45.6 Å². The molecule has 0 radical (unpaired) electrons. The van der Waals surface area contributed by atoms with E-state index in [1.807, 2.05) is 31.2 Å². The van der Waals surface area contributed by atoms with Crippen LogP contribution in [0.25, 0.3) is 0 Å². The van der Waals surface area contributed by atoms with Crippen molar-refractivity contribution in [3.05, 3.63) is 29.8 Å². The average molecular weight is 337 g/mol. The molecule has 2 N–H and O–H groups in total. The lowest BCUT2D eigenvalue weighted by Crippen LogP contribution is -2.32. The Balaban J connectivity index is 2.79. The van der Waals surface area contributed by atoms with Crippen molar-refractivity contribution in [3.63, 3.8) is 0 Å². The summed E-state index contributed by atoms with van der Waals surface area (Å²) in [5, 5.41) is 0. The van der Waals surface area contributed by atoms with Crippen molar-refractivity contribution in [1.29, 1.82) is 0 Å². The molecule has 1 aromatic rings. The summed E-state index contributed by atoms with van der Waals surface area (Å²) in [5.74, 6) is 0.0406. The summed E-state index contributed by atoms with van der Waals surface area (Å²) in [4.78, 5) is 23.0. The van der Waals surface area contributed by atoms with Gasteiger partial charge in [-0.05, 0) is 44.4 Å². The molecule has 0 amide bonds. The third-order valence-electron chi connectivity index (χ3n) is 3.80. The molecule has 2 unspecified atom stereocenters. The fourth-order valence-electron chi connectivity index (χ4n) is 2.51. The van der Waals surface area contributed by atoms with Crippen LogP contribution in [-0.4, -0.2) is 31.7 Å². The van der Waals surface area contributed by atoms with E-state index >= 15 is 0 Å². The van der Waals surface area contributed by atoms with E-state index in [-0.39, 0.29) is 24.4 Å². The van der Waals surface area contributed by atoms with Gasteiger partial charge in [-0.15, -0.1) is 0 Å².